The van der Waals surface area contributed by atoms with Crippen molar-refractivity contribution < 1.29 is 9.53 Å². The highest BCUT2D eigenvalue weighted by atomic mass is 16.5. The Labute approximate surface area is 165 Å². The first-order valence-corrected chi connectivity index (χ1v) is 9.92. The van der Waals surface area contributed by atoms with Crippen LogP contribution in [0.1, 0.15) is 17.9 Å². The van der Waals surface area contributed by atoms with Crippen LogP contribution in [0.2, 0.25) is 0 Å². The van der Waals surface area contributed by atoms with Crippen LogP contribution >= 0.6 is 0 Å². The minimum Gasteiger partial charge on any atom is -0.490 e. The SMILES string of the molecule is Cc1cc(N2CCCN(CC(=O)N3CCOc4ccccc43)CC2)nc(C)n1. The minimum absolute atomic E-state index is 0.137. The Bertz CT molecular complexity index is 836. The maximum Gasteiger partial charge on any atom is 0.241 e. The molecule has 0 spiro atoms. The lowest BCUT2D eigenvalue weighted by atomic mass is 10.2. The van der Waals surface area contributed by atoms with Crippen molar-refractivity contribution >= 4 is 17.4 Å². The van der Waals surface area contributed by atoms with Crippen LogP contribution in [0.25, 0.3) is 0 Å². The van der Waals surface area contributed by atoms with Gasteiger partial charge >= 0.3 is 0 Å². The fourth-order valence-electron chi connectivity index (χ4n) is 3.92. The molecule has 0 N–H and O–H groups in total. The van der Waals surface area contributed by atoms with Crippen molar-refractivity contribution in [3.63, 3.8) is 0 Å². The second-order valence-corrected chi connectivity index (χ2v) is 7.39. The lowest BCUT2D eigenvalue weighted by Gasteiger charge is -2.31. The number of ether oxygens (including phenoxy) is 1. The van der Waals surface area contributed by atoms with E-state index in [2.05, 4.69) is 19.8 Å². The number of benzene rings is 1. The summed E-state index contributed by atoms with van der Waals surface area (Å²) in [4.78, 5) is 28.3. The maximum absolute atomic E-state index is 13.0. The van der Waals surface area contributed by atoms with Crippen LogP contribution in [0, 0.1) is 13.8 Å². The summed E-state index contributed by atoms with van der Waals surface area (Å²) in [6.45, 7) is 9.09. The van der Waals surface area contributed by atoms with Crippen molar-refractivity contribution in [3.05, 3.63) is 41.9 Å². The zero-order valence-corrected chi connectivity index (χ0v) is 16.6. The zero-order valence-electron chi connectivity index (χ0n) is 16.6. The van der Waals surface area contributed by atoms with Crippen molar-refractivity contribution in [2.75, 3.05) is 55.7 Å². The molecule has 3 heterocycles. The van der Waals surface area contributed by atoms with Crippen molar-refractivity contribution in [2.45, 2.75) is 20.3 Å². The van der Waals surface area contributed by atoms with Gasteiger partial charge in [-0.15, -0.1) is 0 Å². The first-order valence-electron chi connectivity index (χ1n) is 9.92. The molecule has 28 heavy (non-hydrogen) atoms. The summed E-state index contributed by atoms with van der Waals surface area (Å²) in [7, 11) is 0. The van der Waals surface area contributed by atoms with E-state index in [0.717, 1.165) is 61.4 Å². The molecule has 2 aromatic rings. The Hall–Kier alpha value is -2.67. The van der Waals surface area contributed by atoms with Crippen molar-refractivity contribution in [1.82, 2.24) is 14.9 Å². The summed E-state index contributed by atoms with van der Waals surface area (Å²) in [6.07, 6.45) is 1.01. The quantitative estimate of drug-likeness (QED) is 0.811. The molecule has 0 atom stereocenters. The Morgan fingerprint density at radius 1 is 1.07 bits per heavy atom. The summed E-state index contributed by atoms with van der Waals surface area (Å²) in [5.41, 5.74) is 1.87. The number of rotatable bonds is 3. The molecule has 0 saturated carbocycles. The molecule has 1 aromatic heterocycles. The molecule has 4 rings (SSSR count). The van der Waals surface area contributed by atoms with Crippen LogP contribution in [-0.2, 0) is 4.79 Å². The number of fused-ring (bicyclic) bond motifs is 1. The van der Waals surface area contributed by atoms with Crippen LogP contribution in [0.15, 0.2) is 30.3 Å². The lowest BCUT2D eigenvalue weighted by molar-refractivity contribution is -0.120. The topological polar surface area (TPSA) is 61.8 Å². The van der Waals surface area contributed by atoms with Gasteiger partial charge in [0, 0.05) is 37.9 Å². The maximum atomic E-state index is 13.0. The average Bonchev–Trinajstić information content (AvgIpc) is 2.92. The van der Waals surface area contributed by atoms with Gasteiger partial charge in [-0.05, 0) is 32.4 Å². The summed E-state index contributed by atoms with van der Waals surface area (Å²) in [5, 5.41) is 0. The Morgan fingerprint density at radius 3 is 2.79 bits per heavy atom. The van der Waals surface area contributed by atoms with Gasteiger partial charge in [0.05, 0.1) is 18.8 Å². The number of para-hydroxylation sites is 2. The molecule has 0 unspecified atom stereocenters. The summed E-state index contributed by atoms with van der Waals surface area (Å²) < 4.78 is 5.67. The summed E-state index contributed by atoms with van der Waals surface area (Å²) in [6, 6.07) is 9.80. The highest BCUT2D eigenvalue weighted by Gasteiger charge is 2.26. The molecule has 0 radical (unpaired) electrons. The van der Waals surface area contributed by atoms with Crippen molar-refractivity contribution in [3.8, 4) is 5.75 Å². The first kappa shape index (κ1) is 18.7. The zero-order chi connectivity index (χ0) is 19.5. The number of anilines is 2. The van der Waals surface area contributed by atoms with E-state index >= 15 is 0 Å². The van der Waals surface area contributed by atoms with Crippen LogP contribution in [-0.4, -0.2) is 66.7 Å². The van der Waals surface area contributed by atoms with Crippen LogP contribution in [0.5, 0.6) is 5.75 Å². The van der Waals surface area contributed by atoms with Gasteiger partial charge in [0.15, 0.2) is 0 Å². The smallest absolute Gasteiger partial charge is 0.241 e. The van der Waals surface area contributed by atoms with Gasteiger partial charge < -0.3 is 14.5 Å². The molecule has 1 saturated heterocycles. The molecule has 1 fully saturated rings. The van der Waals surface area contributed by atoms with Gasteiger partial charge in [-0.3, -0.25) is 9.69 Å². The van der Waals surface area contributed by atoms with E-state index in [9.17, 15) is 4.79 Å². The van der Waals surface area contributed by atoms with E-state index in [1.54, 1.807) is 0 Å². The molecule has 0 aliphatic carbocycles. The molecule has 148 valence electrons. The molecule has 2 aliphatic rings. The lowest BCUT2D eigenvalue weighted by Crippen LogP contribution is -2.45. The van der Waals surface area contributed by atoms with E-state index in [0.29, 0.717) is 19.7 Å². The normalized spacial score (nSPS) is 17.6. The predicted molar refractivity (Wildman–Crippen MR) is 109 cm³/mol. The number of hydrogen-bond donors (Lipinski definition) is 0. The van der Waals surface area contributed by atoms with Gasteiger partial charge in [-0.2, -0.15) is 0 Å². The molecule has 7 heteroatoms. The minimum atomic E-state index is 0.137. The van der Waals surface area contributed by atoms with Gasteiger partial charge in [-0.1, -0.05) is 12.1 Å². The fourth-order valence-corrected chi connectivity index (χ4v) is 3.92. The monoisotopic (exact) mass is 381 g/mol. The molecular weight excluding hydrogens is 354 g/mol. The van der Waals surface area contributed by atoms with Crippen molar-refractivity contribution in [2.24, 2.45) is 0 Å². The molecule has 1 aromatic carbocycles. The average molecular weight is 381 g/mol. The number of carbonyl (C=O) groups excluding carboxylic acids is 1. The van der Waals surface area contributed by atoms with E-state index in [1.807, 2.05) is 49.1 Å². The highest BCUT2D eigenvalue weighted by molar-refractivity contribution is 5.96. The van der Waals surface area contributed by atoms with E-state index in [4.69, 9.17) is 4.74 Å². The van der Waals surface area contributed by atoms with Gasteiger partial charge in [0.2, 0.25) is 5.91 Å². The molecule has 0 bridgehead atoms. The number of nitrogens with zero attached hydrogens (tertiary/aromatic N) is 5. The van der Waals surface area contributed by atoms with Crippen molar-refractivity contribution in [1.29, 1.82) is 0 Å². The third-order valence-electron chi connectivity index (χ3n) is 5.25. The summed E-state index contributed by atoms with van der Waals surface area (Å²) in [5.74, 6) is 2.72. The number of carbonyl (C=O) groups is 1. The molecule has 2 aliphatic heterocycles. The first-order chi connectivity index (χ1) is 13.6. The number of amides is 1. The number of aryl methyl sites for hydroxylation is 2. The predicted octanol–water partition coefficient (Wildman–Crippen LogP) is 2.03. The van der Waals surface area contributed by atoms with E-state index < -0.39 is 0 Å². The fraction of sp³-hybridized carbons (Fsp3) is 0.476. The molecule has 7 nitrogen and oxygen atoms in total. The van der Waals surface area contributed by atoms with Crippen LogP contribution in [0.4, 0.5) is 11.5 Å². The van der Waals surface area contributed by atoms with Gasteiger partial charge in [0.1, 0.15) is 24.0 Å². The van der Waals surface area contributed by atoms with Crippen LogP contribution < -0.4 is 14.5 Å². The largest absolute Gasteiger partial charge is 0.490 e. The van der Waals surface area contributed by atoms with Crippen LogP contribution in [0.3, 0.4) is 0 Å². The number of aromatic nitrogens is 2. The third kappa shape index (κ3) is 4.09. The Morgan fingerprint density at radius 2 is 1.93 bits per heavy atom. The van der Waals surface area contributed by atoms with Gasteiger partial charge in [0.25, 0.3) is 0 Å². The van der Waals surface area contributed by atoms with E-state index in [1.165, 1.54) is 0 Å². The second kappa shape index (κ2) is 8.14. The third-order valence-corrected chi connectivity index (χ3v) is 5.25. The van der Waals surface area contributed by atoms with Gasteiger partial charge in [-0.25, -0.2) is 9.97 Å². The Kier molecular flexibility index (Phi) is 5.43. The Balaban J connectivity index is 1.39. The summed E-state index contributed by atoms with van der Waals surface area (Å²) >= 11 is 0. The number of hydrogen-bond acceptors (Lipinski definition) is 6. The highest BCUT2D eigenvalue weighted by Crippen LogP contribution is 2.31. The molecular formula is C21H27N5O2. The second-order valence-electron chi connectivity index (χ2n) is 7.39. The van der Waals surface area contributed by atoms with E-state index in [-0.39, 0.29) is 5.91 Å². The molecule has 1 amide bonds. The standard InChI is InChI=1S/C21H27N5O2/c1-16-14-20(23-17(2)22-16)25-9-5-8-24(10-11-25)15-21(27)26-12-13-28-19-7-4-3-6-18(19)26/h3-4,6-7,14H,5,8-13,15H2,1-2H3.